The summed E-state index contributed by atoms with van der Waals surface area (Å²) < 4.78 is 2.02. The minimum Gasteiger partial charge on any atom is -0.396 e. The van der Waals surface area contributed by atoms with Gasteiger partial charge in [0.1, 0.15) is 0 Å². The number of hydrogen-bond acceptors (Lipinski definition) is 2. The molecule has 1 aromatic rings. The number of aryl methyl sites for hydroxylation is 1. The van der Waals surface area contributed by atoms with Gasteiger partial charge in [0.2, 0.25) is 0 Å². The molecule has 0 aromatic carbocycles. The molecule has 0 aliphatic heterocycles. The lowest BCUT2D eigenvalue weighted by Crippen LogP contribution is -2.19. The molecule has 0 amide bonds. The summed E-state index contributed by atoms with van der Waals surface area (Å²) in [5, 5.41) is 9.35. The van der Waals surface area contributed by atoms with Crippen LogP contribution in [0.15, 0.2) is 12.5 Å². The Morgan fingerprint density at radius 3 is 2.53 bits per heavy atom. The topological polar surface area (TPSA) is 38.0 Å². The van der Waals surface area contributed by atoms with Crippen LogP contribution in [0.25, 0.3) is 0 Å². The Balaban J connectivity index is 2.58. The normalized spacial score (nSPS) is 14.2. The first-order chi connectivity index (χ1) is 6.92. The van der Waals surface area contributed by atoms with E-state index < -0.39 is 0 Å². The molecule has 1 heterocycles. The van der Waals surface area contributed by atoms with Crippen LogP contribution in [0.5, 0.6) is 0 Å². The molecule has 1 N–H and O–H groups in total. The molecule has 0 unspecified atom stereocenters. The van der Waals surface area contributed by atoms with Crippen molar-refractivity contribution in [2.75, 3.05) is 6.61 Å². The third-order valence-corrected chi connectivity index (χ3v) is 2.57. The highest BCUT2D eigenvalue weighted by Crippen LogP contribution is 2.26. The van der Waals surface area contributed by atoms with Crippen LogP contribution in [0.1, 0.15) is 32.9 Å². The number of aliphatic hydroxyl groups excluding tert-OH is 1. The predicted molar refractivity (Wildman–Crippen MR) is 61.6 cm³/mol. The molecule has 0 aliphatic rings. The van der Waals surface area contributed by atoms with Gasteiger partial charge in [0, 0.05) is 25.5 Å². The van der Waals surface area contributed by atoms with E-state index in [2.05, 4.69) is 25.8 Å². The van der Waals surface area contributed by atoms with Gasteiger partial charge >= 0.3 is 0 Å². The van der Waals surface area contributed by atoms with Crippen molar-refractivity contribution in [2.24, 2.45) is 18.4 Å². The fourth-order valence-electron chi connectivity index (χ4n) is 1.94. The maximum Gasteiger partial charge on any atom is 0.0945 e. The lowest BCUT2D eigenvalue weighted by molar-refractivity contribution is 0.177. The second-order valence-corrected chi connectivity index (χ2v) is 5.51. The Bertz CT molecular complexity index is 299. The summed E-state index contributed by atoms with van der Waals surface area (Å²) in [5.74, 6) is 0.334. The summed E-state index contributed by atoms with van der Waals surface area (Å²) in [6.45, 7) is 6.87. The van der Waals surface area contributed by atoms with E-state index in [0.717, 1.165) is 12.8 Å². The number of hydrogen-bond donors (Lipinski definition) is 1. The van der Waals surface area contributed by atoms with Crippen molar-refractivity contribution in [3.05, 3.63) is 18.2 Å². The molecule has 0 saturated carbocycles. The summed E-state index contributed by atoms with van der Waals surface area (Å²) in [5.41, 5.74) is 1.46. The molecule has 1 atom stereocenters. The summed E-state index contributed by atoms with van der Waals surface area (Å²) in [6.07, 6.45) is 5.63. The Morgan fingerprint density at radius 1 is 1.47 bits per heavy atom. The fourth-order valence-corrected chi connectivity index (χ4v) is 1.94. The number of aromatic nitrogens is 2. The molecule has 0 spiro atoms. The van der Waals surface area contributed by atoms with Gasteiger partial charge in [-0.05, 0) is 24.2 Å². The average molecular weight is 210 g/mol. The van der Waals surface area contributed by atoms with Crippen molar-refractivity contribution in [1.29, 1.82) is 0 Å². The Labute approximate surface area is 92.1 Å². The molecule has 0 bridgehead atoms. The van der Waals surface area contributed by atoms with Crippen molar-refractivity contribution in [1.82, 2.24) is 9.55 Å². The summed E-state index contributed by atoms with van der Waals surface area (Å²) >= 11 is 0. The van der Waals surface area contributed by atoms with Crippen LogP contribution < -0.4 is 0 Å². The molecule has 86 valence electrons. The largest absolute Gasteiger partial charge is 0.396 e. The van der Waals surface area contributed by atoms with Crippen LogP contribution in [-0.4, -0.2) is 21.3 Å². The molecular formula is C12H22N2O. The van der Waals surface area contributed by atoms with Crippen LogP contribution in [0.2, 0.25) is 0 Å². The van der Waals surface area contributed by atoms with Crippen molar-refractivity contribution >= 4 is 0 Å². The number of imidazole rings is 1. The second-order valence-electron chi connectivity index (χ2n) is 5.51. The van der Waals surface area contributed by atoms with Gasteiger partial charge < -0.3 is 9.67 Å². The predicted octanol–water partition coefficient (Wildman–Crippen LogP) is 2.01. The molecule has 0 aliphatic carbocycles. The molecule has 1 rings (SSSR count). The van der Waals surface area contributed by atoms with E-state index in [0.29, 0.717) is 5.92 Å². The Hall–Kier alpha value is -0.830. The van der Waals surface area contributed by atoms with Crippen molar-refractivity contribution < 1.29 is 5.11 Å². The van der Waals surface area contributed by atoms with E-state index in [-0.39, 0.29) is 12.0 Å². The highest BCUT2D eigenvalue weighted by atomic mass is 16.3. The number of nitrogens with zero attached hydrogens (tertiary/aromatic N) is 2. The molecule has 15 heavy (non-hydrogen) atoms. The van der Waals surface area contributed by atoms with Crippen LogP contribution >= 0.6 is 0 Å². The maximum atomic E-state index is 9.35. The van der Waals surface area contributed by atoms with Crippen molar-refractivity contribution in [3.63, 3.8) is 0 Å². The van der Waals surface area contributed by atoms with Gasteiger partial charge in [-0.15, -0.1) is 0 Å². The highest BCUT2D eigenvalue weighted by Gasteiger charge is 2.19. The zero-order valence-corrected chi connectivity index (χ0v) is 10.2. The van der Waals surface area contributed by atoms with Gasteiger partial charge in [-0.3, -0.25) is 0 Å². The standard InChI is InChI=1S/C12H22N2O/c1-12(2,3)6-10(8-15)5-11-7-13-9-14(11)4/h7,9-10,15H,5-6,8H2,1-4H3/t10-/m1/s1. The molecule has 0 radical (unpaired) electrons. The van der Waals surface area contributed by atoms with E-state index in [1.54, 1.807) is 6.33 Å². The number of aliphatic hydroxyl groups is 1. The fraction of sp³-hybridized carbons (Fsp3) is 0.750. The maximum absolute atomic E-state index is 9.35. The summed E-state index contributed by atoms with van der Waals surface area (Å²) in [6, 6.07) is 0. The van der Waals surface area contributed by atoms with E-state index in [4.69, 9.17) is 0 Å². The minimum atomic E-state index is 0.252. The monoisotopic (exact) mass is 210 g/mol. The molecule has 3 heteroatoms. The molecule has 1 aromatic heterocycles. The molecule has 0 fully saturated rings. The molecule has 3 nitrogen and oxygen atoms in total. The third kappa shape index (κ3) is 4.04. The van der Waals surface area contributed by atoms with Crippen molar-refractivity contribution in [2.45, 2.75) is 33.6 Å². The minimum absolute atomic E-state index is 0.252. The van der Waals surface area contributed by atoms with Gasteiger partial charge in [0.25, 0.3) is 0 Å². The lowest BCUT2D eigenvalue weighted by Gasteiger charge is -2.24. The van der Waals surface area contributed by atoms with Gasteiger partial charge in [-0.2, -0.15) is 0 Å². The van der Waals surface area contributed by atoms with Crippen LogP contribution in [0.3, 0.4) is 0 Å². The Morgan fingerprint density at radius 2 is 2.13 bits per heavy atom. The molecule has 0 saturated heterocycles. The van der Waals surface area contributed by atoms with E-state index >= 15 is 0 Å². The SMILES string of the molecule is Cn1cncc1C[C@@H](CO)CC(C)(C)C. The summed E-state index contributed by atoms with van der Waals surface area (Å²) in [7, 11) is 1.99. The average Bonchev–Trinajstić information content (AvgIpc) is 2.48. The van der Waals surface area contributed by atoms with E-state index in [1.165, 1.54) is 5.69 Å². The van der Waals surface area contributed by atoms with Crippen LogP contribution in [0, 0.1) is 11.3 Å². The second kappa shape index (κ2) is 4.79. The zero-order valence-electron chi connectivity index (χ0n) is 10.2. The Kier molecular flexibility index (Phi) is 3.91. The van der Waals surface area contributed by atoms with Gasteiger partial charge in [-0.1, -0.05) is 20.8 Å². The smallest absolute Gasteiger partial charge is 0.0945 e. The van der Waals surface area contributed by atoms with E-state index in [1.807, 2.05) is 17.8 Å². The highest BCUT2D eigenvalue weighted by molar-refractivity contribution is 4.99. The van der Waals surface area contributed by atoms with Gasteiger partial charge in [-0.25, -0.2) is 4.98 Å². The molecular weight excluding hydrogens is 188 g/mol. The quantitative estimate of drug-likeness (QED) is 0.825. The summed E-state index contributed by atoms with van der Waals surface area (Å²) in [4.78, 5) is 4.09. The van der Waals surface area contributed by atoms with Gasteiger partial charge in [0.05, 0.1) is 6.33 Å². The first-order valence-corrected chi connectivity index (χ1v) is 5.48. The lowest BCUT2D eigenvalue weighted by atomic mass is 9.83. The third-order valence-electron chi connectivity index (χ3n) is 2.57. The first kappa shape index (κ1) is 12.2. The van der Waals surface area contributed by atoms with Crippen LogP contribution in [-0.2, 0) is 13.5 Å². The first-order valence-electron chi connectivity index (χ1n) is 5.48. The van der Waals surface area contributed by atoms with Crippen molar-refractivity contribution in [3.8, 4) is 0 Å². The zero-order chi connectivity index (χ0) is 11.5. The number of rotatable bonds is 4. The van der Waals surface area contributed by atoms with E-state index in [9.17, 15) is 5.11 Å². The van der Waals surface area contributed by atoms with Gasteiger partial charge in [0.15, 0.2) is 0 Å². The van der Waals surface area contributed by atoms with Crippen LogP contribution in [0.4, 0.5) is 0 Å².